The summed E-state index contributed by atoms with van der Waals surface area (Å²) >= 11 is 0. The van der Waals surface area contributed by atoms with E-state index in [4.69, 9.17) is 5.26 Å². The molecule has 3 N–H and O–H groups in total. The van der Waals surface area contributed by atoms with E-state index in [1.165, 1.54) is 30.5 Å². The fourth-order valence-electron chi connectivity index (χ4n) is 2.38. The molecule has 2 rings (SSSR count). The van der Waals surface area contributed by atoms with Crippen molar-refractivity contribution in [3.05, 3.63) is 46.2 Å². The Hall–Kier alpha value is -2.96. The smallest absolute Gasteiger partial charge is 0.271 e. The van der Waals surface area contributed by atoms with Crippen LogP contribution in [0.5, 0.6) is 0 Å². The predicted octanol–water partition coefficient (Wildman–Crippen LogP) is 0.436. The third-order valence-electron chi connectivity index (χ3n) is 3.71. The number of carbonyl (C=O) groups excluding carboxylic acids is 1. The van der Waals surface area contributed by atoms with Gasteiger partial charge in [0.15, 0.2) is 0 Å². The van der Waals surface area contributed by atoms with Crippen LogP contribution in [0.3, 0.4) is 0 Å². The largest absolute Gasteiger partial charge is 0.388 e. The monoisotopic (exact) mass is 344 g/mol. The molecule has 1 aromatic carbocycles. The highest BCUT2D eigenvalue weighted by Gasteiger charge is 2.12. The number of non-ortho nitro benzene ring substituents is 1. The summed E-state index contributed by atoms with van der Waals surface area (Å²) in [7, 11) is 0. The van der Waals surface area contributed by atoms with Crippen LogP contribution < -0.4 is 16.0 Å². The number of nitrogens with zero attached hydrogens (tertiary/aromatic N) is 3. The minimum atomic E-state index is -0.613. The Morgan fingerprint density at radius 1 is 1.44 bits per heavy atom. The van der Waals surface area contributed by atoms with Crippen molar-refractivity contribution < 1.29 is 9.72 Å². The van der Waals surface area contributed by atoms with E-state index in [2.05, 4.69) is 20.9 Å². The number of rotatable bonds is 7. The lowest BCUT2D eigenvalue weighted by molar-refractivity contribution is -0.384. The van der Waals surface area contributed by atoms with Gasteiger partial charge in [0.2, 0.25) is 0 Å². The highest BCUT2D eigenvalue weighted by Crippen LogP contribution is 2.17. The molecule has 9 heteroatoms. The van der Waals surface area contributed by atoms with Crippen molar-refractivity contribution in [3.63, 3.8) is 0 Å². The Kier molecular flexibility index (Phi) is 6.88. The molecule has 1 aliphatic heterocycles. The SMILES string of the molecule is N#C/C(=C/NCCN1CCNCC1)C(=O)Nc1cccc([N+](=O)[O-])c1. The van der Waals surface area contributed by atoms with Gasteiger partial charge in [-0.15, -0.1) is 0 Å². The quantitative estimate of drug-likeness (QED) is 0.215. The molecule has 1 fully saturated rings. The van der Waals surface area contributed by atoms with Crippen LogP contribution in [0.1, 0.15) is 0 Å². The van der Waals surface area contributed by atoms with Crippen molar-refractivity contribution in [1.82, 2.24) is 15.5 Å². The summed E-state index contributed by atoms with van der Waals surface area (Å²) in [6.07, 6.45) is 1.37. The molecular weight excluding hydrogens is 324 g/mol. The summed E-state index contributed by atoms with van der Waals surface area (Å²) in [6, 6.07) is 7.39. The number of carbonyl (C=O) groups is 1. The van der Waals surface area contributed by atoms with Crippen LogP contribution in [0.2, 0.25) is 0 Å². The van der Waals surface area contributed by atoms with Crippen molar-refractivity contribution in [2.75, 3.05) is 44.6 Å². The van der Waals surface area contributed by atoms with Gasteiger partial charge in [-0.3, -0.25) is 19.8 Å². The lowest BCUT2D eigenvalue weighted by Crippen LogP contribution is -2.45. The molecule has 25 heavy (non-hydrogen) atoms. The number of amides is 1. The molecule has 0 unspecified atom stereocenters. The predicted molar refractivity (Wildman–Crippen MR) is 92.7 cm³/mol. The third kappa shape index (κ3) is 5.87. The van der Waals surface area contributed by atoms with E-state index in [-0.39, 0.29) is 16.9 Å². The molecule has 1 aromatic rings. The number of nitriles is 1. The molecule has 1 saturated heterocycles. The zero-order chi connectivity index (χ0) is 18.1. The number of piperazine rings is 1. The summed E-state index contributed by atoms with van der Waals surface area (Å²) in [6.45, 7) is 5.32. The Bertz CT molecular complexity index is 691. The van der Waals surface area contributed by atoms with E-state index < -0.39 is 10.8 Å². The first-order valence-electron chi connectivity index (χ1n) is 7.92. The molecular formula is C16H20N6O3. The first-order valence-corrected chi connectivity index (χ1v) is 7.92. The second kappa shape index (κ2) is 9.36. The normalized spacial score (nSPS) is 15.2. The van der Waals surface area contributed by atoms with Gasteiger partial charge in [0, 0.05) is 63.3 Å². The lowest BCUT2D eigenvalue weighted by atomic mass is 10.2. The van der Waals surface area contributed by atoms with Crippen LogP contribution in [0.4, 0.5) is 11.4 Å². The molecule has 0 atom stereocenters. The summed E-state index contributed by atoms with van der Waals surface area (Å²) in [5.74, 6) is -0.613. The van der Waals surface area contributed by atoms with Crippen LogP contribution in [0.25, 0.3) is 0 Å². The van der Waals surface area contributed by atoms with Crippen molar-refractivity contribution in [2.24, 2.45) is 0 Å². The summed E-state index contributed by atoms with van der Waals surface area (Å²) in [5.41, 5.74) is 0.0439. The standard InChI is InChI=1S/C16H20N6O3/c17-11-13(12-19-6-9-21-7-4-18-5-8-21)16(23)20-14-2-1-3-15(10-14)22(24)25/h1-3,10,12,18-19H,4-9H2,(H,20,23)/b13-12-. The Morgan fingerprint density at radius 2 is 2.20 bits per heavy atom. The number of nitrogens with one attached hydrogen (secondary N) is 3. The number of nitro groups is 1. The topological polar surface area (TPSA) is 123 Å². The molecule has 0 radical (unpaired) electrons. The summed E-state index contributed by atoms with van der Waals surface area (Å²) < 4.78 is 0. The zero-order valence-corrected chi connectivity index (χ0v) is 13.7. The van der Waals surface area contributed by atoms with E-state index >= 15 is 0 Å². The number of hydrogen-bond acceptors (Lipinski definition) is 7. The fourth-order valence-corrected chi connectivity index (χ4v) is 2.38. The molecule has 0 spiro atoms. The molecule has 0 aliphatic carbocycles. The third-order valence-corrected chi connectivity index (χ3v) is 3.71. The molecule has 0 aromatic heterocycles. The number of benzene rings is 1. The number of anilines is 1. The Labute approximate surface area is 145 Å². The second-order valence-electron chi connectivity index (χ2n) is 5.48. The van der Waals surface area contributed by atoms with Gasteiger partial charge < -0.3 is 16.0 Å². The molecule has 1 heterocycles. The van der Waals surface area contributed by atoms with Crippen molar-refractivity contribution in [1.29, 1.82) is 5.26 Å². The minimum absolute atomic E-state index is 0.0909. The maximum Gasteiger partial charge on any atom is 0.271 e. The van der Waals surface area contributed by atoms with E-state index in [9.17, 15) is 14.9 Å². The van der Waals surface area contributed by atoms with Gasteiger partial charge in [-0.2, -0.15) is 5.26 Å². The van der Waals surface area contributed by atoms with Gasteiger partial charge >= 0.3 is 0 Å². The summed E-state index contributed by atoms with van der Waals surface area (Å²) in [5, 5.41) is 28.6. The fraction of sp³-hybridized carbons (Fsp3) is 0.375. The Balaban J connectivity index is 1.86. The van der Waals surface area contributed by atoms with Gasteiger partial charge in [-0.1, -0.05) is 6.07 Å². The highest BCUT2D eigenvalue weighted by atomic mass is 16.6. The van der Waals surface area contributed by atoms with Gasteiger partial charge in [-0.05, 0) is 6.07 Å². The van der Waals surface area contributed by atoms with Gasteiger partial charge in [-0.25, -0.2) is 0 Å². The summed E-state index contributed by atoms with van der Waals surface area (Å²) in [4.78, 5) is 24.6. The maximum atomic E-state index is 12.1. The average Bonchev–Trinajstić information content (AvgIpc) is 2.62. The average molecular weight is 344 g/mol. The van der Waals surface area contributed by atoms with Crippen molar-refractivity contribution in [3.8, 4) is 6.07 Å². The molecule has 0 saturated carbocycles. The minimum Gasteiger partial charge on any atom is -0.388 e. The van der Waals surface area contributed by atoms with Gasteiger partial charge in [0.05, 0.1) is 4.92 Å². The van der Waals surface area contributed by atoms with E-state index in [1.54, 1.807) is 0 Å². The van der Waals surface area contributed by atoms with E-state index in [0.29, 0.717) is 6.54 Å². The number of hydrogen-bond donors (Lipinski definition) is 3. The first kappa shape index (κ1) is 18.4. The van der Waals surface area contributed by atoms with Gasteiger partial charge in [0.1, 0.15) is 11.6 Å². The van der Waals surface area contributed by atoms with Crippen LogP contribution in [0, 0.1) is 21.4 Å². The first-order chi connectivity index (χ1) is 12.1. The van der Waals surface area contributed by atoms with Crippen LogP contribution >= 0.6 is 0 Å². The lowest BCUT2D eigenvalue weighted by Gasteiger charge is -2.26. The van der Waals surface area contributed by atoms with Gasteiger partial charge in [0.25, 0.3) is 11.6 Å². The van der Waals surface area contributed by atoms with E-state index in [1.807, 2.05) is 6.07 Å². The highest BCUT2D eigenvalue weighted by molar-refractivity contribution is 6.06. The van der Waals surface area contributed by atoms with Crippen LogP contribution in [0.15, 0.2) is 36.0 Å². The maximum absolute atomic E-state index is 12.1. The molecule has 1 amide bonds. The van der Waals surface area contributed by atoms with E-state index in [0.717, 1.165) is 32.7 Å². The molecule has 9 nitrogen and oxygen atoms in total. The van der Waals surface area contributed by atoms with Crippen molar-refractivity contribution in [2.45, 2.75) is 0 Å². The molecule has 1 aliphatic rings. The van der Waals surface area contributed by atoms with Crippen LogP contribution in [-0.4, -0.2) is 55.0 Å². The molecule has 0 bridgehead atoms. The van der Waals surface area contributed by atoms with Crippen LogP contribution in [-0.2, 0) is 4.79 Å². The second-order valence-corrected chi connectivity index (χ2v) is 5.48. The van der Waals surface area contributed by atoms with Crippen molar-refractivity contribution >= 4 is 17.3 Å². The number of nitro benzene ring substituents is 1. The zero-order valence-electron chi connectivity index (χ0n) is 13.7. The molecule has 132 valence electrons. The Morgan fingerprint density at radius 3 is 2.88 bits per heavy atom.